The van der Waals surface area contributed by atoms with Gasteiger partial charge in [-0.25, -0.2) is 19.6 Å². The van der Waals surface area contributed by atoms with Crippen LogP contribution in [0.1, 0.15) is 168 Å². The van der Waals surface area contributed by atoms with Crippen molar-refractivity contribution in [3.8, 4) is 11.1 Å². The van der Waals surface area contributed by atoms with Gasteiger partial charge < -0.3 is 114 Å². The Morgan fingerprint density at radius 2 is 1.15 bits per heavy atom. The van der Waals surface area contributed by atoms with Gasteiger partial charge in [-0.3, -0.25) is 58.0 Å². The molecule has 6 aromatic rings. The van der Waals surface area contributed by atoms with E-state index in [0.717, 1.165) is 70.5 Å². The Morgan fingerprint density at radius 1 is 0.542 bits per heavy atom. The van der Waals surface area contributed by atoms with E-state index in [2.05, 4.69) is 61.4 Å². The molecule has 12 rings (SSSR count). The molecule has 5 unspecified atom stereocenters. The van der Waals surface area contributed by atoms with Gasteiger partial charge in [-0.05, 0) is 185 Å². The monoisotopic (exact) mass is 2030 g/mol. The number of benzene rings is 3. The number of nitrogens with one attached hydrogen (secondary N) is 8. The van der Waals surface area contributed by atoms with E-state index in [9.17, 15) is 57.8 Å². The third-order valence-corrected chi connectivity index (χ3v) is 28.4. The van der Waals surface area contributed by atoms with Crippen LogP contribution in [0.2, 0.25) is 0 Å². The zero-order valence-electron chi connectivity index (χ0n) is 84.2. The second kappa shape index (κ2) is 55.6. The van der Waals surface area contributed by atoms with Crippen LogP contribution in [-0.2, 0) is 131 Å². The molecule has 3 aromatic heterocycles. The number of carboxylic acids is 1. The summed E-state index contributed by atoms with van der Waals surface area (Å²) in [5, 5.41) is 38.8. The highest BCUT2D eigenvalue weighted by Crippen LogP contribution is 2.90. The number of amides is 10. The number of imide groups is 1. The van der Waals surface area contributed by atoms with Crippen LogP contribution in [0, 0.1) is 34.5 Å². The summed E-state index contributed by atoms with van der Waals surface area (Å²) in [5.41, 5.74) is 5.30. The Hall–Kier alpha value is -10.9. The quantitative estimate of drug-likeness (QED) is 0.0127. The molecule has 2 aliphatic heterocycles. The van der Waals surface area contributed by atoms with Crippen LogP contribution in [0.5, 0.6) is 0 Å². The van der Waals surface area contributed by atoms with Crippen LogP contribution in [0.4, 0.5) is 21.4 Å². The lowest BCUT2D eigenvalue weighted by Gasteiger charge is -2.64. The van der Waals surface area contributed by atoms with Crippen LogP contribution in [0.15, 0.2) is 97.2 Å². The highest BCUT2D eigenvalue weighted by Gasteiger charge is 2.84. The molecule has 788 valence electrons. The number of carbonyl (C=O) groups excluding carboxylic acids is 10. The summed E-state index contributed by atoms with van der Waals surface area (Å²) in [6.07, 6.45) is 11.9. The number of rotatable bonds is 69. The molecule has 9 N–H and O–H groups in total. The van der Waals surface area contributed by atoms with E-state index >= 15 is 0 Å². The second-order valence-electron chi connectivity index (χ2n) is 38.5. The number of anilines is 3. The van der Waals surface area contributed by atoms with Gasteiger partial charge in [-0.15, -0.1) is 0 Å². The van der Waals surface area contributed by atoms with Crippen molar-refractivity contribution in [3.05, 3.63) is 131 Å². The van der Waals surface area contributed by atoms with Gasteiger partial charge in [-0.1, -0.05) is 81.9 Å². The van der Waals surface area contributed by atoms with Crippen LogP contribution in [0.3, 0.4) is 0 Å². The molecule has 1 spiro atoms. The number of fused-ring (bicyclic) bond motifs is 4. The fourth-order valence-corrected chi connectivity index (χ4v) is 21.7. The van der Waals surface area contributed by atoms with Crippen molar-refractivity contribution in [2.75, 3.05) is 207 Å². The fraction of sp³-hybridized carbons (Fsp3) is 0.612. The normalized spacial score (nSPS) is 19.9. The van der Waals surface area contributed by atoms with Crippen LogP contribution >= 0.6 is 11.3 Å². The number of methoxy groups -OCH3 is 1. The number of aromatic carboxylic acids is 1. The number of carbonyl (C=O) groups is 11. The summed E-state index contributed by atoms with van der Waals surface area (Å²) in [6, 6.07) is 19.3. The van der Waals surface area contributed by atoms with E-state index in [-0.39, 0.29) is 128 Å². The second-order valence-corrected chi connectivity index (χ2v) is 39.5. The largest absolute Gasteiger partial charge is 0.476 e. The summed E-state index contributed by atoms with van der Waals surface area (Å²) >= 11 is 1.40. The molecule has 4 fully saturated rings. The van der Waals surface area contributed by atoms with E-state index in [1.54, 1.807) is 64.4 Å². The van der Waals surface area contributed by atoms with Crippen LogP contribution in [-0.4, -0.2) is 317 Å². The summed E-state index contributed by atoms with van der Waals surface area (Å²) in [4.78, 5) is 158. The topological polar surface area (TPSA) is 484 Å². The van der Waals surface area contributed by atoms with Crippen molar-refractivity contribution >= 4 is 103 Å². The molecule has 41 heteroatoms. The van der Waals surface area contributed by atoms with Gasteiger partial charge in [0.05, 0.1) is 174 Å². The highest BCUT2D eigenvalue weighted by atomic mass is 32.1. The van der Waals surface area contributed by atoms with Gasteiger partial charge in [0.2, 0.25) is 35.4 Å². The van der Waals surface area contributed by atoms with Crippen LogP contribution in [0.25, 0.3) is 21.3 Å². The molecule has 40 nitrogen and oxygen atoms in total. The van der Waals surface area contributed by atoms with E-state index in [1.807, 2.05) is 65.0 Å². The Balaban J connectivity index is 0.559. The average molecular weight is 2030 g/mol. The first kappa shape index (κ1) is 112. The number of nitrogens with zero attached hydrogens (tertiary/aromatic N) is 6. The number of carboxylic acid groups (broad SMARTS) is 1. The van der Waals surface area contributed by atoms with Crippen LogP contribution < -0.4 is 47.4 Å². The van der Waals surface area contributed by atoms with E-state index in [1.165, 1.54) is 30.4 Å². The maximum absolute atomic E-state index is 14.3. The summed E-state index contributed by atoms with van der Waals surface area (Å²) in [6.45, 7) is 24.5. The van der Waals surface area contributed by atoms with E-state index < -0.39 is 65.5 Å². The minimum Gasteiger partial charge on any atom is -0.476 e. The predicted molar refractivity (Wildman–Crippen MR) is 533 cm³/mol. The Morgan fingerprint density at radius 3 is 1.76 bits per heavy atom. The maximum Gasteiger partial charge on any atom is 0.408 e. The molecular weight excluding hydrogens is 1880 g/mol. The molecule has 3 aromatic carbocycles. The van der Waals surface area contributed by atoms with Gasteiger partial charge in [-0.2, -0.15) is 5.10 Å². The van der Waals surface area contributed by atoms with Crippen molar-refractivity contribution in [1.82, 2.24) is 56.5 Å². The summed E-state index contributed by atoms with van der Waals surface area (Å²) < 4.78 is 81.3. The third-order valence-electron chi connectivity index (χ3n) is 27.5. The first-order chi connectivity index (χ1) is 69.5. The van der Waals surface area contributed by atoms with Gasteiger partial charge >= 0.3 is 12.1 Å². The van der Waals surface area contributed by atoms with Gasteiger partial charge in [0.25, 0.3) is 17.7 Å². The first-order valence-corrected chi connectivity index (χ1v) is 50.9. The predicted octanol–water partition coefficient (Wildman–Crippen LogP) is 8.61. The van der Waals surface area contributed by atoms with E-state index in [4.69, 9.17) is 76.4 Å². The Labute approximate surface area is 844 Å². The Bertz CT molecular complexity index is 5250. The number of alkyl carbamates (subject to hydrolysis) is 1. The molecule has 3 bridgehead atoms. The molecule has 4 saturated carbocycles. The smallest absolute Gasteiger partial charge is 0.408 e. The minimum absolute atomic E-state index is 0.0149. The van der Waals surface area contributed by atoms with Gasteiger partial charge in [0.15, 0.2) is 10.8 Å². The van der Waals surface area contributed by atoms with Gasteiger partial charge in [0, 0.05) is 93.0 Å². The number of aromatic nitrogens is 4. The molecular formula is C103H144N14O26S. The Kier molecular flexibility index (Phi) is 43.2. The zero-order valence-corrected chi connectivity index (χ0v) is 85.0. The number of pyridine rings is 1. The minimum atomic E-state index is -1.19. The molecule has 4 aliphatic carbocycles. The summed E-state index contributed by atoms with van der Waals surface area (Å²) in [7, 11) is 1.63. The SMILES string of the molecule is COCCOCCOCCOCCOCCOCCOCCOCCOCCOCCOCCOCC(=O)NCCCC[C@@H](NC(=O)OCc1ccc(NC(=O)[C@H](C)NC(=O)[C@@H](NC(=O)CCCCCN2C(=O)C=CC2=O)C(C)C)cc1)C(=O)N[C@H](C)C(=O)NCCOC12CC3(Cn4ncc(-c5ccc(N6CCc7cccc(C(=O)Nc8nc9ccccc9s8)c7C6)nc5C(=O)O)c4C)CC4(C)CC(C)(C1)C4(C3)C2. The average Bonchev–Trinajstić information content (AvgIpc) is 1.45. The van der Waals surface area contributed by atoms with E-state index in [0.29, 0.717) is 229 Å². The van der Waals surface area contributed by atoms with Crippen molar-refractivity contribution in [1.29, 1.82) is 0 Å². The van der Waals surface area contributed by atoms with Crippen molar-refractivity contribution in [2.45, 2.75) is 188 Å². The molecule has 144 heavy (non-hydrogen) atoms. The lowest BCUT2D eigenvalue weighted by atomic mass is 9.40. The highest BCUT2D eigenvalue weighted by molar-refractivity contribution is 7.22. The molecule has 10 amide bonds. The number of hydrogen-bond donors (Lipinski definition) is 9. The molecule has 9 atom stereocenters. The lowest BCUT2D eigenvalue weighted by molar-refractivity contribution is -0.158. The van der Waals surface area contributed by atoms with Crippen molar-refractivity contribution in [2.24, 2.45) is 27.6 Å². The maximum atomic E-state index is 14.3. The molecule has 5 heterocycles. The first-order valence-electron chi connectivity index (χ1n) is 50.1. The lowest BCUT2D eigenvalue weighted by Crippen LogP contribution is -2.57. The van der Waals surface area contributed by atoms with Gasteiger partial charge in [0.1, 0.15) is 43.2 Å². The number of hydrogen-bond acceptors (Lipinski definition) is 30. The molecule has 6 aliphatic rings. The number of unbranched alkanes of at least 4 members (excludes halogenated alkanes) is 3. The number of ether oxygens (including phenoxy) is 14. The zero-order chi connectivity index (χ0) is 102. The summed E-state index contributed by atoms with van der Waals surface area (Å²) in [5.74, 6) is -5.00. The standard InChI is InChI=1S/C103H144N14O26S/c1-70(2)89(113-85(118)22-10-9-15-34-116-87(120)29-30-88(116)121)95(126)108-72(4)92(123)109-76-25-23-74(24-26-76)61-142-98(129)111-82(20-13-14-32-104-86(119)62-141-58-57-140-56-55-139-54-53-138-52-51-137-50-49-136-48-47-135-46-45-134-44-43-133-42-41-132-40-39-131-38-37-130-8)94(125)107-71(3)91(122)105-33-36-143-102-65-100(7)63-99(6)64-101(66-102,67-103(99,100)68-102)69-117-73(5)79(59-106-117)77-27-28-84(112-90(77)96(127)128)115-35-31-75-17-16-18-78(80(75)60-115)93(124)114-97-110-81-19-11-12-21-83(81)144-97/h11-12,16-19,21,23-30,59,70-72,82,89H,9-10,13-15,20,22,31-58,60-69H2,1-8H3,(H,104,119)(H,105,122)(H,107,125)(H,108,126)(H,109,123)(H,111,129)(H,113,118)(H,127,128)(H,110,114,124)/t71-,72+,82-,89+,99?,100?,101?,102?,103?/m1/s1. The van der Waals surface area contributed by atoms with Crippen molar-refractivity contribution in [3.63, 3.8) is 0 Å². The number of para-hydroxylation sites is 1. The third kappa shape index (κ3) is 31.8. The molecule has 0 radical (unpaired) electrons. The fourth-order valence-electron chi connectivity index (χ4n) is 20.9. The molecule has 0 saturated heterocycles. The van der Waals surface area contributed by atoms with Crippen molar-refractivity contribution < 1.29 is 124 Å². The number of thiazole rings is 1.